The van der Waals surface area contributed by atoms with Gasteiger partial charge in [-0.3, -0.25) is 9.69 Å². The zero-order valence-electron chi connectivity index (χ0n) is 13.3. The van der Waals surface area contributed by atoms with Crippen molar-refractivity contribution >= 4 is 11.6 Å². The number of phenolic OH excluding ortho intramolecular Hbond substituents is 1. The van der Waals surface area contributed by atoms with E-state index in [2.05, 4.69) is 15.1 Å². The minimum atomic E-state index is 0.0278. The Bertz CT molecular complexity index is 487. The second-order valence-electron chi connectivity index (χ2n) is 5.68. The third kappa shape index (κ3) is 4.61. The molecule has 1 aliphatic heterocycles. The van der Waals surface area contributed by atoms with E-state index in [4.69, 9.17) is 4.74 Å². The van der Waals surface area contributed by atoms with E-state index >= 15 is 0 Å². The number of benzene rings is 1. The van der Waals surface area contributed by atoms with Crippen molar-refractivity contribution in [3.05, 3.63) is 24.3 Å². The van der Waals surface area contributed by atoms with E-state index in [0.29, 0.717) is 18.9 Å². The summed E-state index contributed by atoms with van der Waals surface area (Å²) in [6.45, 7) is 6.07. The summed E-state index contributed by atoms with van der Waals surface area (Å²) < 4.78 is 5.01. The molecule has 0 bridgehead atoms. The Kier molecular flexibility index (Phi) is 6.03. The maximum atomic E-state index is 11.9. The highest BCUT2D eigenvalue weighted by Gasteiger charge is 2.21. The van der Waals surface area contributed by atoms with E-state index in [1.807, 2.05) is 25.1 Å². The van der Waals surface area contributed by atoms with E-state index < -0.39 is 0 Å². The molecule has 0 saturated carbocycles. The molecule has 1 aromatic carbocycles. The van der Waals surface area contributed by atoms with Gasteiger partial charge in [0.15, 0.2) is 0 Å². The van der Waals surface area contributed by atoms with E-state index in [1.54, 1.807) is 13.2 Å². The van der Waals surface area contributed by atoms with Crippen LogP contribution in [-0.2, 0) is 9.53 Å². The van der Waals surface area contributed by atoms with Gasteiger partial charge in [0.2, 0.25) is 5.91 Å². The van der Waals surface area contributed by atoms with Crippen LogP contribution in [0.5, 0.6) is 5.75 Å². The lowest BCUT2D eigenvalue weighted by atomic mass is 10.2. The fraction of sp³-hybridized carbons (Fsp3) is 0.562. The summed E-state index contributed by atoms with van der Waals surface area (Å²) in [6, 6.07) is 7.39. The van der Waals surface area contributed by atoms with Crippen LogP contribution in [-0.4, -0.2) is 68.4 Å². The summed E-state index contributed by atoms with van der Waals surface area (Å²) in [7, 11) is 1.63. The molecular formula is C16H25N3O3. The van der Waals surface area contributed by atoms with Crippen molar-refractivity contribution in [2.45, 2.75) is 13.0 Å². The molecule has 1 heterocycles. The number of methoxy groups -OCH3 is 1. The number of anilines is 1. The van der Waals surface area contributed by atoms with Crippen LogP contribution in [0.2, 0.25) is 0 Å². The number of nitrogens with zero attached hydrogens (tertiary/aromatic N) is 2. The first-order chi connectivity index (χ1) is 10.6. The molecule has 2 rings (SSSR count). The topological polar surface area (TPSA) is 65.0 Å². The number of carbonyl (C=O) groups excluding carboxylic acids is 1. The van der Waals surface area contributed by atoms with Crippen LogP contribution >= 0.6 is 0 Å². The molecule has 1 amide bonds. The molecule has 1 fully saturated rings. The third-order valence-corrected chi connectivity index (χ3v) is 3.79. The smallest absolute Gasteiger partial charge is 0.234 e. The normalized spacial score (nSPS) is 17.3. The molecule has 1 saturated heterocycles. The molecule has 0 spiro atoms. The summed E-state index contributed by atoms with van der Waals surface area (Å²) >= 11 is 0. The number of carbonyl (C=O) groups is 1. The van der Waals surface area contributed by atoms with Gasteiger partial charge in [0.05, 0.1) is 18.8 Å². The number of para-hydroxylation sites is 2. The van der Waals surface area contributed by atoms with E-state index in [1.165, 1.54) is 0 Å². The quantitative estimate of drug-likeness (QED) is 0.808. The van der Waals surface area contributed by atoms with Crippen molar-refractivity contribution < 1.29 is 14.6 Å². The second-order valence-corrected chi connectivity index (χ2v) is 5.68. The zero-order valence-corrected chi connectivity index (χ0v) is 13.3. The first-order valence-electron chi connectivity index (χ1n) is 7.63. The summed E-state index contributed by atoms with van der Waals surface area (Å²) in [6.07, 6.45) is 0. The zero-order chi connectivity index (χ0) is 15.9. The molecule has 1 atom stereocenters. The second kappa shape index (κ2) is 8.00. The lowest BCUT2D eigenvalue weighted by Gasteiger charge is -2.36. The molecule has 22 heavy (non-hydrogen) atoms. The van der Waals surface area contributed by atoms with Gasteiger partial charge < -0.3 is 20.1 Å². The van der Waals surface area contributed by atoms with E-state index in [-0.39, 0.29) is 11.9 Å². The number of ether oxygens (including phenoxy) is 1. The molecule has 122 valence electrons. The molecule has 0 aliphatic carbocycles. The van der Waals surface area contributed by atoms with Gasteiger partial charge in [-0.25, -0.2) is 0 Å². The molecule has 6 heteroatoms. The van der Waals surface area contributed by atoms with Crippen LogP contribution in [0.3, 0.4) is 0 Å². The SMILES string of the molecule is COCC(C)NC(=O)CN1CCN(c2ccccc2O)CC1. The lowest BCUT2D eigenvalue weighted by Crippen LogP contribution is -2.50. The monoisotopic (exact) mass is 307 g/mol. The number of hydrogen-bond acceptors (Lipinski definition) is 5. The van der Waals surface area contributed by atoms with E-state index in [0.717, 1.165) is 31.9 Å². The predicted molar refractivity (Wildman–Crippen MR) is 86.2 cm³/mol. The minimum absolute atomic E-state index is 0.0278. The Hall–Kier alpha value is -1.79. The summed E-state index contributed by atoms with van der Waals surface area (Å²) in [5.41, 5.74) is 0.861. The highest BCUT2D eigenvalue weighted by molar-refractivity contribution is 5.78. The summed E-state index contributed by atoms with van der Waals surface area (Å²) in [5.74, 6) is 0.336. The number of amides is 1. The molecule has 6 nitrogen and oxygen atoms in total. The van der Waals surface area contributed by atoms with Gasteiger partial charge in [-0.15, -0.1) is 0 Å². The molecular weight excluding hydrogens is 282 g/mol. The number of rotatable bonds is 6. The van der Waals surface area contributed by atoms with Crippen molar-refractivity contribution in [1.82, 2.24) is 10.2 Å². The van der Waals surface area contributed by atoms with Crippen molar-refractivity contribution in [1.29, 1.82) is 0 Å². The average Bonchev–Trinajstić information content (AvgIpc) is 2.49. The predicted octanol–water partition coefficient (Wildman–Crippen LogP) is 0.665. The Morgan fingerprint density at radius 3 is 2.64 bits per heavy atom. The van der Waals surface area contributed by atoms with Gasteiger partial charge in [0.25, 0.3) is 0 Å². The fourth-order valence-corrected chi connectivity index (χ4v) is 2.69. The van der Waals surface area contributed by atoms with Crippen molar-refractivity contribution in [3.8, 4) is 5.75 Å². The Labute approximate surface area is 131 Å². The van der Waals surface area contributed by atoms with Gasteiger partial charge in [-0.05, 0) is 19.1 Å². The fourth-order valence-electron chi connectivity index (χ4n) is 2.69. The lowest BCUT2D eigenvalue weighted by molar-refractivity contribution is -0.123. The van der Waals surface area contributed by atoms with Gasteiger partial charge in [0, 0.05) is 39.3 Å². The first-order valence-corrected chi connectivity index (χ1v) is 7.63. The number of phenols is 1. The molecule has 0 radical (unpaired) electrons. The van der Waals surface area contributed by atoms with Crippen molar-refractivity contribution in [2.24, 2.45) is 0 Å². The number of piperazine rings is 1. The van der Waals surface area contributed by atoms with Crippen LogP contribution in [0.15, 0.2) is 24.3 Å². The van der Waals surface area contributed by atoms with Gasteiger partial charge in [-0.1, -0.05) is 12.1 Å². The Morgan fingerprint density at radius 2 is 2.00 bits per heavy atom. The van der Waals surface area contributed by atoms with Crippen LogP contribution in [0.25, 0.3) is 0 Å². The highest BCUT2D eigenvalue weighted by Crippen LogP contribution is 2.26. The van der Waals surface area contributed by atoms with Crippen LogP contribution in [0.4, 0.5) is 5.69 Å². The standard InChI is InChI=1S/C16H25N3O3/c1-13(12-22-2)17-16(21)11-18-7-9-19(10-8-18)14-5-3-4-6-15(14)20/h3-6,13,20H,7-12H2,1-2H3,(H,17,21). The molecule has 2 N–H and O–H groups in total. The van der Waals surface area contributed by atoms with Crippen LogP contribution < -0.4 is 10.2 Å². The average molecular weight is 307 g/mol. The first kappa shape index (κ1) is 16.6. The Morgan fingerprint density at radius 1 is 1.32 bits per heavy atom. The van der Waals surface area contributed by atoms with Gasteiger partial charge in [-0.2, -0.15) is 0 Å². The number of aromatic hydroxyl groups is 1. The summed E-state index contributed by atoms with van der Waals surface area (Å²) in [5, 5.41) is 12.8. The van der Waals surface area contributed by atoms with Crippen molar-refractivity contribution in [2.75, 3.05) is 51.3 Å². The molecule has 1 aromatic rings. The molecule has 1 unspecified atom stereocenters. The van der Waals surface area contributed by atoms with Crippen LogP contribution in [0, 0.1) is 0 Å². The molecule has 0 aromatic heterocycles. The van der Waals surface area contributed by atoms with Crippen LogP contribution in [0.1, 0.15) is 6.92 Å². The third-order valence-electron chi connectivity index (χ3n) is 3.79. The number of nitrogens with one attached hydrogen (secondary N) is 1. The summed E-state index contributed by atoms with van der Waals surface area (Å²) in [4.78, 5) is 16.2. The van der Waals surface area contributed by atoms with Gasteiger partial charge >= 0.3 is 0 Å². The maximum Gasteiger partial charge on any atom is 0.234 e. The minimum Gasteiger partial charge on any atom is -0.506 e. The van der Waals surface area contributed by atoms with Gasteiger partial charge in [0.1, 0.15) is 5.75 Å². The highest BCUT2D eigenvalue weighted by atomic mass is 16.5. The Balaban J connectivity index is 1.78. The number of hydrogen-bond donors (Lipinski definition) is 2. The van der Waals surface area contributed by atoms with E-state index in [9.17, 15) is 9.90 Å². The largest absolute Gasteiger partial charge is 0.506 e. The molecule has 1 aliphatic rings. The van der Waals surface area contributed by atoms with Crippen molar-refractivity contribution in [3.63, 3.8) is 0 Å². The maximum absolute atomic E-state index is 11.9.